The van der Waals surface area contributed by atoms with Crippen LogP contribution in [0.2, 0.25) is 5.02 Å². The van der Waals surface area contributed by atoms with Crippen LogP contribution in [0.25, 0.3) is 11.0 Å². The fourth-order valence-electron chi connectivity index (χ4n) is 4.57. The average molecular weight is 684 g/mol. The largest absolute Gasteiger partial charge is 0.493 e. The van der Waals surface area contributed by atoms with Gasteiger partial charge in [0.05, 0.1) is 12.6 Å². The molecule has 1 unspecified atom stereocenters. The minimum absolute atomic E-state index is 0.178. The first kappa shape index (κ1) is 38.1. The molecule has 3 aromatic rings. The molecule has 1 atom stereocenters. The molecule has 0 amide bonds. The third kappa shape index (κ3) is 8.99. The van der Waals surface area contributed by atoms with Gasteiger partial charge in [-0.05, 0) is 46.2 Å². The van der Waals surface area contributed by atoms with Crippen molar-refractivity contribution in [2.75, 3.05) is 25.4 Å². The Hall–Kier alpha value is -4.12. The summed E-state index contributed by atoms with van der Waals surface area (Å²) in [4.78, 5) is 41.0. The number of fused-ring (bicyclic) bond motifs is 1. The van der Waals surface area contributed by atoms with E-state index in [1.807, 2.05) is 17.6 Å². The zero-order chi connectivity index (χ0) is 35.3. The van der Waals surface area contributed by atoms with Crippen molar-refractivity contribution in [1.29, 1.82) is 0 Å². The Morgan fingerprint density at radius 1 is 1.09 bits per heavy atom. The van der Waals surface area contributed by atoms with E-state index in [-0.39, 0.29) is 17.3 Å². The summed E-state index contributed by atoms with van der Waals surface area (Å²) in [6, 6.07) is 3.80. The molecule has 4 N–H and O–H groups in total. The van der Waals surface area contributed by atoms with Crippen LogP contribution in [-0.4, -0.2) is 79.7 Å². The second-order valence-electron chi connectivity index (χ2n) is 10.3. The SMILES string of the molecule is CCOc1c(C(C)n2ccc(=O)c3c(N)ncnc32)cc(Cl)c(C)c1C1CN(C(C)C)C1.O=C(O)C(F)(F)F.O=C(O)C(F)(F)F. The summed E-state index contributed by atoms with van der Waals surface area (Å²) in [5.41, 5.74) is 9.50. The van der Waals surface area contributed by atoms with Gasteiger partial charge >= 0.3 is 24.3 Å². The fourth-order valence-corrected chi connectivity index (χ4v) is 4.79. The number of nitrogen functional groups attached to an aromatic ring is 1. The maximum absolute atomic E-state index is 12.4. The molecule has 0 aliphatic carbocycles. The first-order valence-corrected chi connectivity index (χ1v) is 13.9. The van der Waals surface area contributed by atoms with E-state index in [0.29, 0.717) is 34.6 Å². The number of halogens is 7. The third-order valence-electron chi connectivity index (χ3n) is 6.97. The molecular weight excluding hydrogens is 652 g/mol. The number of nitrogens with zero attached hydrogens (tertiary/aromatic N) is 4. The highest BCUT2D eigenvalue weighted by molar-refractivity contribution is 6.31. The molecule has 4 rings (SSSR count). The molecule has 0 spiro atoms. The van der Waals surface area contributed by atoms with Crippen molar-refractivity contribution < 1.29 is 50.9 Å². The maximum Gasteiger partial charge on any atom is 0.490 e. The molecular formula is C28H32ClF6N5O6. The van der Waals surface area contributed by atoms with Crippen LogP contribution in [-0.2, 0) is 9.59 Å². The highest BCUT2D eigenvalue weighted by Crippen LogP contribution is 2.44. The summed E-state index contributed by atoms with van der Waals surface area (Å²) >= 11 is 6.74. The van der Waals surface area contributed by atoms with Gasteiger partial charge in [0, 0.05) is 53.5 Å². The molecule has 2 aromatic heterocycles. The predicted molar refractivity (Wildman–Crippen MR) is 156 cm³/mol. The second-order valence-corrected chi connectivity index (χ2v) is 10.7. The molecule has 1 aliphatic rings. The number of rotatable bonds is 6. The standard InChI is InChI=1S/C24H30ClN5O2.2C2HF3O2/c1-6-32-22-17(9-18(25)14(4)20(22)16-10-29(11-16)13(2)3)15(5)30-8-7-19(31)21-23(26)27-12-28-24(21)30;2*3-2(4,5)1(6)7/h7-9,12-13,15-16H,6,10-11H2,1-5H3,(H2,26,27,28);2*(H,6,7). The van der Waals surface area contributed by atoms with E-state index >= 15 is 0 Å². The van der Waals surface area contributed by atoms with Crippen molar-refractivity contribution in [3.63, 3.8) is 0 Å². The van der Waals surface area contributed by atoms with Crippen molar-refractivity contribution >= 4 is 40.4 Å². The summed E-state index contributed by atoms with van der Waals surface area (Å²) in [7, 11) is 0. The topological polar surface area (TPSA) is 161 Å². The Kier molecular flexibility index (Phi) is 12.4. The van der Waals surface area contributed by atoms with Gasteiger partial charge in [0.25, 0.3) is 0 Å². The highest BCUT2D eigenvalue weighted by atomic mass is 35.5. The van der Waals surface area contributed by atoms with Gasteiger partial charge in [-0.1, -0.05) is 11.6 Å². The summed E-state index contributed by atoms with van der Waals surface area (Å²) in [5, 5.41) is 15.3. The number of hydrogen-bond acceptors (Lipinski definition) is 8. The lowest BCUT2D eigenvalue weighted by atomic mass is 9.84. The Balaban J connectivity index is 0.000000440. The monoisotopic (exact) mass is 683 g/mol. The molecule has 0 bridgehead atoms. The summed E-state index contributed by atoms with van der Waals surface area (Å²) in [6.45, 7) is 13.1. The number of hydrogen-bond donors (Lipinski definition) is 3. The van der Waals surface area contributed by atoms with Crippen molar-refractivity contribution in [2.45, 2.75) is 65.0 Å². The van der Waals surface area contributed by atoms with E-state index < -0.39 is 24.3 Å². The summed E-state index contributed by atoms with van der Waals surface area (Å²) in [6.07, 6.45) is -7.04. The van der Waals surface area contributed by atoms with Gasteiger partial charge in [0.1, 0.15) is 28.9 Å². The number of alkyl halides is 6. The van der Waals surface area contributed by atoms with Crippen LogP contribution in [0.1, 0.15) is 56.3 Å². The lowest BCUT2D eigenvalue weighted by Crippen LogP contribution is -2.49. The van der Waals surface area contributed by atoms with E-state index in [2.05, 4.69) is 42.6 Å². The van der Waals surface area contributed by atoms with E-state index in [0.717, 1.165) is 30.0 Å². The molecule has 254 valence electrons. The van der Waals surface area contributed by atoms with Crippen molar-refractivity contribution in [3.8, 4) is 5.75 Å². The van der Waals surface area contributed by atoms with Gasteiger partial charge in [0.2, 0.25) is 0 Å². The number of carbonyl (C=O) groups is 2. The Bertz CT molecular complexity index is 1600. The smallest absolute Gasteiger partial charge is 0.490 e. The predicted octanol–water partition coefficient (Wildman–Crippen LogP) is 5.42. The van der Waals surface area contributed by atoms with Gasteiger partial charge in [-0.2, -0.15) is 26.3 Å². The van der Waals surface area contributed by atoms with E-state index in [1.54, 1.807) is 6.20 Å². The molecule has 1 fully saturated rings. The molecule has 1 aromatic carbocycles. The van der Waals surface area contributed by atoms with Crippen molar-refractivity contribution in [2.24, 2.45) is 0 Å². The number of aromatic nitrogens is 3. The number of ether oxygens (including phenoxy) is 1. The van der Waals surface area contributed by atoms with Crippen LogP contribution in [0.5, 0.6) is 5.75 Å². The third-order valence-corrected chi connectivity index (χ3v) is 7.37. The van der Waals surface area contributed by atoms with Gasteiger partial charge in [-0.3, -0.25) is 9.69 Å². The van der Waals surface area contributed by atoms with Crippen LogP contribution in [0.3, 0.4) is 0 Å². The lowest BCUT2D eigenvalue weighted by molar-refractivity contribution is -0.193. The van der Waals surface area contributed by atoms with Crippen molar-refractivity contribution in [3.05, 3.63) is 56.6 Å². The normalized spacial score (nSPS) is 14.5. The Labute approximate surface area is 263 Å². The molecule has 0 saturated carbocycles. The maximum atomic E-state index is 12.4. The first-order chi connectivity index (χ1) is 21.1. The number of carboxylic acid groups (broad SMARTS) is 2. The quantitative estimate of drug-likeness (QED) is 0.286. The Morgan fingerprint density at radius 2 is 1.61 bits per heavy atom. The van der Waals surface area contributed by atoms with Gasteiger partial charge in [-0.15, -0.1) is 0 Å². The molecule has 46 heavy (non-hydrogen) atoms. The van der Waals surface area contributed by atoms with Crippen LogP contribution in [0.15, 0.2) is 29.5 Å². The molecule has 1 aliphatic heterocycles. The van der Waals surface area contributed by atoms with Crippen LogP contribution < -0.4 is 15.9 Å². The lowest BCUT2D eigenvalue weighted by Gasteiger charge is -2.43. The second kappa shape index (κ2) is 15.0. The first-order valence-electron chi connectivity index (χ1n) is 13.5. The Morgan fingerprint density at radius 3 is 2.07 bits per heavy atom. The average Bonchev–Trinajstić information content (AvgIpc) is 2.90. The molecule has 3 heterocycles. The van der Waals surface area contributed by atoms with Crippen LogP contribution in [0, 0.1) is 6.92 Å². The molecule has 0 radical (unpaired) electrons. The summed E-state index contributed by atoms with van der Waals surface area (Å²) < 4.78 is 71.7. The highest BCUT2D eigenvalue weighted by Gasteiger charge is 2.39. The number of nitrogens with two attached hydrogens (primary N) is 1. The fraction of sp³-hybridized carbons (Fsp3) is 0.464. The number of benzene rings is 1. The van der Waals surface area contributed by atoms with E-state index in [1.165, 1.54) is 18.0 Å². The van der Waals surface area contributed by atoms with Gasteiger partial charge in [-0.25, -0.2) is 19.6 Å². The molecule has 18 heteroatoms. The summed E-state index contributed by atoms with van der Waals surface area (Å²) in [5.74, 6) is -4.09. The van der Waals surface area contributed by atoms with E-state index in [4.69, 9.17) is 41.9 Å². The van der Waals surface area contributed by atoms with Crippen LogP contribution >= 0.6 is 11.6 Å². The number of pyridine rings is 1. The zero-order valence-corrected chi connectivity index (χ0v) is 26.0. The number of carboxylic acids is 2. The minimum atomic E-state index is -5.08. The van der Waals surface area contributed by atoms with E-state index in [9.17, 15) is 31.1 Å². The molecule has 11 nitrogen and oxygen atoms in total. The number of anilines is 1. The molecule has 1 saturated heterocycles. The van der Waals surface area contributed by atoms with Crippen molar-refractivity contribution in [1.82, 2.24) is 19.4 Å². The van der Waals surface area contributed by atoms with Crippen LogP contribution in [0.4, 0.5) is 32.2 Å². The zero-order valence-electron chi connectivity index (χ0n) is 25.2. The van der Waals surface area contributed by atoms with Gasteiger partial charge in [0.15, 0.2) is 5.43 Å². The van der Waals surface area contributed by atoms with Gasteiger partial charge < -0.3 is 25.3 Å². The minimum Gasteiger partial charge on any atom is -0.493 e. The number of likely N-dealkylation sites (tertiary alicyclic amines) is 1. The number of aliphatic carboxylic acids is 2.